The number of carbonyl (C=O) groups is 3. The number of carboxylic acid groups (broad SMARTS) is 1. The molecule has 0 saturated carbocycles. The minimum Gasteiger partial charge on any atom is -0.480 e. The van der Waals surface area contributed by atoms with Gasteiger partial charge in [0.2, 0.25) is 5.78 Å². The number of H-pyrrole nitrogens is 1. The Bertz CT molecular complexity index is 1080. The van der Waals surface area contributed by atoms with E-state index < -0.39 is 23.1 Å². The van der Waals surface area contributed by atoms with Gasteiger partial charge in [0.05, 0.1) is 0 Å². The summed E-state index contributed by atoms with van der Waals surface area (Å²) in [7, 11) is 0. The summed E-state index contributed by atoms with van der Waals surface area (Å²) < 4.78 is 5.58. The second-order valence-corrected chi connectivity index (χ2v) is 7.13. The summed E-state index contributed by atoms with van der Waals surface area (Å²) in [6.07, 6.45) is 0.140. The second-order valence-electron chi connectivity index (χ2n) is 6.69. The molecule has 0 aliphatic carbocycles. The van der Waals surface area contributed by atoms with Gasteiger partial charge in [-0.15, -0.1) is 0 Å². The number of hydrogen-bond acceptors (Lipinski definition) is 4. The Morgan fingerprint density at radius 1 is 1.03 bits per heavy atom. The van der Waals surface area contributed by atoms with E-state index in [0.717, 1.165) is 0 Å². The molecule has 0 atom stereocenters. The van der Waals surface area contributed by atoms with Gasteiger partial charge in [-0.2, -0.15) is 0 Å². The number of aromatic nitrogens is 1. The first-order valence-electron chi connectivity index (χ1n) is 9.20. The molecule has 2 N–H and O–H groups in total. The van der Waals surface area contributed by atoms with Crippen LogP contribution >= 0.6 is 11.6 Å². The molecule has 0 radical (unpaired) electrons. The SMILES string of the molecule is CCC(CC)(C(=O)O)C(=O)Oc1c(C(=O)c2ccc(Cl)cc2)[nH]c2ccccc12. The van der Waals surface area contributed by atoms with Crippen molar-refractivity contribution in [2.45, 2.75) is 26.7 Å². The zero-order chi connectivity index (χ0) is 21.2. The molecule has 2 aromatic carbocycles. The van der Waals surface area contributed by atoms with Crippen molar-refractivity contribution in [3.05, 3.63) is 64.8 Å². The van der Waals surface area contributed by atoms with E-state index in [-0.39, 0.29) is 24.3 Å². The maximum Gasteiger partial charge on any atom is 0.328 e. The lowest BCUT2D eigenvalue weighted by Crippen LogP contribution is -2.41. The third-order valence-corrected chi connectivity index (χ3v) is 5.45. The van der Waals surface area contributed by atoms with Crippen molar-refractivity contribution < 1.29 is 24.2 Å². The van der Waals surface area contributed by atoms with Crippen molar-refractivity contribution in [1.82, 2.24) is 4.98 Å². The van der Waals surface area contributed by atoms with E-state index >= 15 is 0 Å². The van der Waals surface area contributed by atoms with Crippen LogP contribution in [0, 0.1) is 5.41 Å². The Morgan fingerprint density at radius 3 is 2.24 bits per heavy atom. The lowest BCUT2D eigenvalue weighted by Gasteiger charge is -2.24. The molecule has 6 nitrogen and oxygen atoms in total. The average molecular weight is 414 g/mol. The van der Waals surface area contributed by atoms with E-state index in [2.05, 4.69) is 4.98 Å². The average Bonchev–Trinajstić information content (AvgIpc) is 3.07. The normalized spacial score (nSPS) is 11.4. The molecular formula is C22H20ClNO5. The molecule has 1 heterocycles. The number of esters is 1. The van der Waals surface area contributed by atoms with Crippen molar-refractivity contribution in [2.24, 2.45) is 5.41 Å². The van der Waals surface area contributed by atoms with Crippen LogP contribution < -0.4 is 4.74 Å². The molecule has 0 spiro atoms. The maximum atomic E-state index is 13.1. The molecular weight excluding hydrogens is 394 g/mol. The Hall–Kier alpha value is -3.12. The lowest BCUT2D eigenvalue weighted by molar-refractivity contribution is -0.163. The highest BCUT2D eigenvalue weighted by Crippen LogP contribution is 2.35. The fourth-order valence-electron chi connectivity index (χ4n) is 3.25. The Kier molecular flexibility index (Phi) is 5.75. The number of aromatic amines is 1. The molecule has 7 heteroatoms. The highest BCUT2D eigenvalue weighted by Gasteiger charge is 2.45. The maximum absolute atomic E-state index is 13.1. The van der Waals surface area contributed by atoms with E-state index in [9.17, 15) is 19.5 Å². The number of nitrogens with one attached hydrogen (secondary N) is 1. The highest BCUT2D eigenvalue weighted by molar-refractivity contribution is 6.30. The van der Waals surface area contributed by atoms with Gasteiger partial charge in [0, 0.05) is 21.5 Å². The Balaban J connectivity index is 2.10. The standard InChI is InChI=1S/C22H20ClNO5/c1-3-22(4-2,20(26)27)21(28)29-19-15-7-5-6-8-16(15)24-17(19)18(25)13-9-11-14(23)12-10-13/h5-12,24H,3-4H2,1-2H3,(H,26,27). The summed E-state index contributed by atoms with van der Waals surface area (Å²) in [5, 5.41) is 10.6. The Labute approximate surface area is 172 Å². The van der Waals surface area contributed by atoms with Crippen LogP contribution in [0.2, 0.25) is 5.02 Å². The number of hydrogen-bond donors (Lipinski definition) is 2. The third kappa shape index (κ3) is 3.63. The summed E-state index contributed by atoms with van der Waals surface area (Å²) >= 11 is 5.89. The number of ether oxygens (including phenoxy) is 1. The quantitative estimate of drug-likeness (QED) is 0.328. The van der Waals surface area contributed by atoms with E-state index in [1.807, 2.05) is 0 Å². The molecule has 0 aliphatic rings. The van der Waals surface area contributed by atoms with E-state index in [0.29, 0.717) is 21.5 Å². The molecule has 29 heavy (non-hydrogen) atoms. The van der Waals surface area contributed by atoms with Crippen LogP contribution in [0.4, 0.5) is 0 Å². The van der Waals surface area contributed by atoms with Gasteiger partial charge in [-0.3, -0.25) is 14.4 Å². The summed E-state index contributed by atoms with van der Waals surface area (Å²) in [5.74, 6) is -2.52. The van der Waals surface area contributed by atoms with Crippen LogP contribution in [0.15, 0.2) is 48.5 Å². The molecule has 0 aliphatic heterocycles. The van der Waals surface area contributed by atoms with Crippen LogP contribution in [0.1, 0.15) is 42.7 Å². The summed E-state index contributed by atoms with van der Waals surface area (Å²) in [6, 6.07) is 13.3. The van der Waals surface area contributed by atoms with Gasteiger partial charge >= 0.3 is 11.9 Å². The van der Waals surface area contributed by atoms with Gasteiger partial charge in [0.15, 0.2) is 11.2 Å². The number of ketones is 1. The van der Waals surface area contributed by atoms with Gasteiger partial charge in [0.1, 0.15) is 5.69 Å². The molecule has 3 rings (SSSR count). The van der Waals surface area contributed by atoms with Gasteiger partial charge < -0.3 is 14.8 Å². The van der Waals surface area contributed by atoms with Gasteiger partial charge in [-0.05, 0) is 49.2 Å². The first-order valence-corrected chi connectivity index (χ1v) is 9.58. The van der Waals surface area contributed by atoms with Crippen molar-refractivity contribution in [3.63, 3.8) is 0 Å². The zero-order valence-corrected chi connectivity index (χ0v) is 16.7. The van der Waals surface area contributed by atoms with Gasteiger partial charge in [-0.25, -0.2) is 0 Å². The minimum absolute atomic E-state index is 0.0260. The van der Waals surface area contributed by atoms with Crippen LogP contribution in [0.5, 0.6) is 5.75 Å². The summed E-state index contributed by atoms with van der Waals surface area (Å²) in [6.45, 7) is 3.24. The van der Waals surface area contributed by atoms with Crippen molar-refractivity contribution in [2.75, 3.05) is 0 Å². The lowest BCUT2D eigenvalue weighted by atomic mass is 9.82. The fourth-order valence-corrected chi connectivity index (χ4v) is 3.37. The first-order chi connectivity index (χ1) is 13.8. The van der Waals surface area contributed by atoms with E-state index in [4.69, 9.17) is 16.3 Å². The molecule has 1 aromatic heterocycles. The summed E-state index contributed by atoms with van der Waals surface area (Å²) in [4.78, 5) is 40.8. The number of rotatable bonds is 7. The van der Waals surface area contributed by atoms with Crippen LogP contribution in [-0.4, -0.2) is 27.8 Å². The largest absolute Gasteiger partial charge is 0.480 e. The van der Waals surface area contributed by atoms with E-state index in [1.54, 1.807) is 62.4 Å². The highest BCUT2D eigenvalue weighted by atomic mass is 35.5. The molecule has 0 unspecified atom stereocenters. The van der Waals surface area contributed by atoms with Gasteiger partial charge in [-0.1, -0.05) is 37.6 Å². The monoisotopic (exact) mass is 413 g/mol. The van der Waals surface area contributed by atoms with Crippen LogP contribution in [-0.2, 0) is 9.59 Å². The zero-order valence-electron chi connectivity index (χ0n) is 16.0. The number of aliphatic carboxylic acids is 1. The number of carboxylic acids is 1. The number of carbonyl (C=O) groups excluding carboxylic acids is 2. The molecule has 0 bridgehead atoms. The second kappa shape index (κ2) is 8.09. The molecule has 0 fully saturated rings. The third-order valence-electron chi connectivity index (χ3n) is 5.19. The molecule has 0 amide bonds. The number of fused-ring (bicyclic) bond motifs is 1. The topological polar surface area (TPSA) is 96.5 Å². The minimum atomic E-state index is -1.68. The smallest absolute Gasteiger partial charge is 0.328 e. The number of benzene rings is 2. The fraction of sp³-hybridized carbons (Fsp3) is 0.227. The van der Waals surface area contributed by atoms with Crippen molar-refractivity contribution >= 4 is 40.2 Å². The van der Waals surface area contributed by atoms with Crippen molar-refractivity contribution in [3.8, 4) is 5.75 Å². The predicted octanol–water partition coefficient (Wildman–Crippen LogP) is 4.85. The number of halogens is 1. The first kappa shape index (κ1) is 20.6. The number of para-hydroxylation sites is 1. The predicted molar refractivity (Wildman–Crippen MR) is 109 cm³/mol. The van der Waals surface area contributed by atoms with E-state index in [1.165, 1.54) is 0 Å². The molecule has 3 aromatic rings. The Morgan fingerprint density at radius 2 is 1.66 bits per heavy atom. The summed E-state index contributed by atoms with van der Waals surface area (Å²) in [5.41, 5.74) is -0.650. The van der Waals surface area contributed by atoms with Gasteiger partial charge in [0.25, 0.3) is 0 Å². The van der Waals surface area contributed by atoms with Crippen molar-refractivity contribution in [1.29, 1.82) is 0 Å². The van der Waals surface area contributed by atoms with Crippen LogP contribution in [0.3, 0.4) is 0 Å². The van der Waals surface area contributed by atoms with Crippen LogP contribution in [0.25, 0.3) is 10.9 Å². The molecule has 150 valence electrons. The molecule has 0 saturated heterocycles.